The van der Waals surface area contributed by atoms with Gasteiger partial charge in [0.1, 0.15) is 0 Å². The zero-order chi connectivity index (χ0) is 15.2. The molecular weight excluding hydrogens is 244 g/mol. The van der Waals surface area contributed by atoms with Gasteiger partial charge in [0.05, 0.1) is 0 Å². The summed E-state index contributed by atoms with van der Waals surface area (Å²) in [5, 5.41) is 3.79. The molecule has 0 heterocycles. The highest BCUT2D eigenvalue weighted by molar-refractivity contribution is 4.90. The molecule has 0 aromatic rings. The van der Waals surface area contributed by atoms with Crippen molar-refractivity contribution in [1.82, 2.24) is 10.2 Å². The summed E-state index contributed by atoms with van der Waals surface area (Å²) in [6.45, 7) is 17.6. The lowest BCUT2D eigenvalue weighted by Gasteiger charge is -2.44. The van der Waals surface area contributed by atoms with Crippen molar-refractivity contribution in [3.05, 3.63) is 0 Å². The third-order valence-electron chi connectivity index (χ3n) is 4.69. The fourth-order valence-electron chi connectivity index (χ4n) is 3.38. The number of hydrogen-bond donors (Lipinski definition) is 1. The van der Waals surface area contributed by atoms with Crippen molar-refractivity contribution in [2.75, 3.05) is 19.6 Å². The van der Waals surface area contributed by atoms with Crippen LogP contribution in [0.5, 0.6) is 0 Å². The smallest absolute Gasteiger partial charge is 0.00967 e. The van der Waals surface area contributed by atoms with Gasteiger partial charge in [0.25, 0.3) is 0 Å². The molecule has 0 amide bonds. The SMILES string of the molecule is CCCN(CC1(CNC(C)(C)C)CCCCC1)C(C)C. The summed E-state index contributed by atoms with van der Waals surface area (Å²) in [6.07, 6.45) is 8.35. The molecule has 1 rings (SSSR count). The molecule has 20 heavy (non-hydrogen) atoms. The second-order valence-electron chi connectivity index (χ2n) is 8.23. The number of nitrogens with one attached hydrogen (secondary N) is 1. The van der Waals surface area contributed by atoms with E-state index in [9.17, 15) is 0 Å². The average molecular weight is 283 g/mol. The van der Waals surface area contributed by atoms with E-state index in [0.29, 0.717) is 11.5 Å². The van der Waals surface area contributed by atoms with E-state index in [-0.39, 0.29) is 5.54 Å². The maximum Gasteiger partial charge on any atom is 0.00967 e. The first-order valence-corrected chi connectivity index (χ1v) is 8.77. The standard InChI is InChI=1S/C18H38N2/c1-7-13-20(16(2)3)15-18(11-9-8-10-12-18)14-19-17(4,5)6/h16,19H,7-15H2,1-6H3. The molecule has 0 aliphatic heterocycles. The van der Waals surface area contributed by atoms with Crippen LogP contribution >= 0.6 is 0 Å². The van der Waals surface area contributed by atoms with Gasteiger partial charge in [0, 0.05) is 24.7 Å². The Morgan fingerprint density at radius 3 is 2.15 bits per heavy atom. The van der Waals surface area contributed by atoms with Crippen molar-refractivity contribution in [1.29, 1.82) is 0 Å². The summed E-state index contributed by atoms with van der Waals surface area (Å²) in [5.74, 6) is 0. The molecule has 0 bridgehead atoms. The third-order valence-corrected chi connectivity index (χ3v) is 4.69. The Balaban J connectivity index is 2.71. The molecule has 1 fully saturated rings. The highest BCUT2D eigenvalue weighted by Gasteiger charge is 2.35. The van der Waals surface area contributed by atoms with E-state index >= 15 is 0 Å². The topological polar surface area (TPSA) is 15.3 Å². The van der Waals surface area contributed by atoms with Crippen LogP contribution in [0.2, 0.25) is 0 Å². The van der Waals surface area contributed by atoms with Crippen LogP contribution in [0.1, 0.15) is 80.1 Å². The lowest BCUT2D eigenvalue weighted by Crippen LogP contribution is -2.51. The number of rotatable bonds is 7. The highest BCUT2D eigenvalue weighted by atomic mass is 15.2. The van der Waals surface area contributed by atoms with Crippen LogP contribution in [0.4, 0.5) is 0 Å². The molecule has 1 aliphatic carbocycles. The summed E-state index contributed by atoms with van der Waals surface area (Å²) in [7, 11) is 0. The molecule has 2 heteroatoms. The van der Waals surface area contributed by atoms with E-state index in [0.717, 1.165) is 0 Å². The van der Waals surface area contributed by atoms with Gasteiger partial charge in [-0.15, -0.1) is 0 Å². The summed E-state index contributed by atoms with van der Waals surface area (Å²) in [6, 6.07) is 0.670. The highest BCUT2D eigenvalue weighted by Crippen LogP contribution is 2.37. The van der Waals surface area contributed by atoms with E-state index < -0.39 is 0 Å². The Bertz CT molecular complexity index is 259. The number of nitrogens with zero attached hydrogens (tertiary/aromatic N) is 1. The van der Waals surface area contributed by atoms with Gasteiger partial charge in [-0.05, 0) is 65.8 Å². The van der Waals surface area contributed by atoms with Gasteiger partial charge >= 0.3 is 0 Å². The van der Waals surface area contributed by atoms with Gasteiger partial charge in [-0.1, -0.05) is 26.2 Å². The zero-order valence-corrected chi connectivity index (χ0v) is 14.9. The van der Waals surface area contributed by atoms with Gasteiger partial charge in [-0.25, -0.2) is 0 Å². The van der Waals surface area contributed by atoms with Crippen LogP contribution in [0.3, 0.4) is 0 Å². The molecule has 0 aromatic carbocycles. The minimum Gasteiger partial charge on any atom is -0.311 e. The van der Waals surface area contributed by atoms with E-state index in [1.165, 1.54) is 58.2 Å². The molecule has 1 aliphatic rings. The molecular formula is C18H38N2. The molecule has 0 atom stereocenters. The Morgan fingerprint density at radius 1 is 1.10 bits per heavy atom. The van der Waals surface area contributed by atoms with E-state index in [2.05, 4.69) is 51.8 Å². The monoisotopic (exact) mass is 282 g/mol. The Kier molecular flexibility index (Phi) is 7.00. The second kappa shape index (κ2) is 7.79. The predicted molar refractivity (Wildman–Crippen MR) is 90.3 cm³/mol. The Labute approximate surface area is 127 Å². The summed E-state index contributed by atoms with van der Waals surface area (Å²) in [4.78, 5) is 2.70. The van der Waals surface area contributed by atoms with Crippen LogP contribution in [-0.2, 0) is 0 Å². The molecule has 0 unspecified atom stereocenters. The van der Waals surface area contributed by atoms with Crippen molar-refractivity contribution in [3.63, 3.8) is 0 Å². The van der Waals surface area contributed by atoms with E-state index in [4.69, 9.17) is 0 Å². The van der Waals surface area contributed by atoms with Crippen LogP contribution in [0, 0.1) is 5.41 Å². The maximum absolute atomic E-state index is 3.79. The lowest BCUT2D eigenvalue weighted by atomic mass is 9.73. The Hall–Kier alpha value is -0.0800. The van der Waals surface area contributed by atoms with Crippen LogP contribution in [0.25, 0.3) is 0 Å². The van der Waals surface area contributed by atoms with E-state index in [1.54, 1.807) is 0 Å². The molecule has 0 radical (unpaired) electrons. The molecule has 0 spiro atoms. The summed E-state index contributed by atoms with van der Waals surface area (Å²) in [5.41, 5.74) is 0.739. The van der Waals surface area contributed by atoms with Crippen LogP contribution in [0.15, 0.2) is 0 Å². The fraction of sp³-hybridized carbons (Fsp3) is 1.00. The minimum atomic E-state index is 0.234. The third kappa shape index (κ3) is 6.13. The van der Waals surface area contributed by atoms with Gasteiger partial charge in [-0.3, -0.25) is 0 Å². The maximum atomic E-state index is 3.79. The second-order valence-corrected chi connectivity index (χ2v) is 8.23. The van der Waals surface area contributed by atoms with Crippen molar-refractivity contribution < 1.29 is 0 Å². The van der Waals surface area contributed by atoms with E-state index in [1.807, 2.05) is 0 Å². The Morgan fingerprint density at radius 2 is 1.70 bits per heavy atom. The van der Waals surface area contributed by atoms with Crippen molar-refractivity contribution >= 4 is 0 Å². The zero-order valence-electron chi connectivity index (χ0n) is 14.9. The normalized spacial score (nSPS) is 19.8. The number of hydrogen-bond acceptors (Lipinski definition) is 2. The predicted octanol–water partition coefficient (Wildman–Crippen LogP) is 4.45. The average Bonchev–Trinajstić information content (AvgIpc) is 2.36. The fourth-order valence-corrected chi connectivity index (χ4v) is 3.38. The van der Waals surface area contributed by atoms with Crippen molar-refractivity contribution in [3.8, 4) is 0 Å². The first kappa shape index (κ1) is 18.0. The molecule has 1 saturated carbocycles. The van der Waals surface area contributed by atoms with Gasteiger partial charge in [0.2, 0.25) is 0 Å². The van der Waals surface area contributed by atoms with Crippen molar-refractivity contribution in [2.45, 2.75) is 91.6 Å². The van der Waals surface area contributed by atoms with Crippen LogP contribution in [-0.4, -0.2) is 36.1 Å². The first-order chi connectivity index (χ1) is 9.28. The first-order valence-electron chi connectivity index (χ1n) is 8.77. The molecule has 0 aromatic heterocycles. The van der Waals surface area contributed by atoms with Gasteiger partial charge < -0.3 is 10.2 Å². The molecule has 0 saturated heterocycles. The summed E-state index contributed by atoms with van der Waals surface area (Å²) < 4.78 is 0. The minimum absolute atomic E-state index is 0.234. The van der Waals surface area contributed by atoms with Crippen LogP contribution < -0.4 is 5.32 Å². The molecule has 120 valence electrons. The van der Waals surface area contributed by atoms with Crippen molar-refractivity contribution in [2.24, 2.45) is 5.41 Å². The lowest BCUT2D eigenvalue weighted by molar-refractivity contribution is 0.0776. The van der Waals surface area contributed by atoms with Gasteiger partial charge in [0.15, 0.2) is 0 Å². The van der Waals surface area contributed by atoms with Gasteiger partial charge in [-0.2, -0.15) is 0 Å². The molecule has 1 N–H and O–H groups in total. The largest absolute Gasteiger partial charge is 0.311 e. The molecule has 2 nitrogen and oxygen atoms in total. The summed E-state index contributed by atoms with van der Waals surface area (Å²) >= 11 is 0. The quantitative estimate of drug-likeness (QED) is 0.742.